The minimum Gasteiger partial charge on any atom is -0.381 e. The molecule has 0 aliphatic rings. The topological polar surface area (TPSA) is 41.1 Å². The van der Waals surface area contributed by atoms with Gasteiger partial charge in [-0.3, -0.25) is 4.79 Å². The van der Waals surface area contributed by atoms with Gasteiger partial charge >= 0.3 is 0 Å². The molecule has 2 N–H and O–H groups in total. The van der Waals surface area contributed by atoms with Crippen molar-refractivity contribution in [3.63, 3.8) is 0 Å². The van der Waals surface area contributed by atoms with E-state index in [4.69, 9.17) is 0 Å². The molecular formula is C17H19BrN2O. The van der Waals surface area contributed by atoms with E-state index in [1.165, 1.54) is 5.56 Å². The summed E-state index contributed by atoms with van der Waals surface area (Å²) in [5, 5.41) is 6.27. The van der Waals surface area contributed by atoms with Gasteiger partial charge < -0.3 is 10.6 Å². The lowest BCUT2D eigenvalue weighted by atomic mass is 10.2. The molecule has 0 radical (unpaired) electrons. The summed E-state index contributed by atoms with van der Waals surface area (Å²) in [4.78, 5) is 11.7. The maximum atomic E-state index is 11.7. The molecule has 3 nitrogen and oxygen atoms in total. The first-order valence-electron chi connectivity index (χ1n) is 6.94. The third-order valence-corrected chi connectivity index (χ3v) is 3.87. The van der Waals surface area contributed by atoms with Crippen LogP contribution >= 0.6 is 15.9 Å². The fourth-order valence-electron chi connectivity index (χ4n) is 1.83. The van der Waals surface area contributed by atoms with Crippen molar-refractivity contribution in [2.24, 2.45) is 5.92 Å². The van der Waals surface area contributed by atoms with Gasteiger partial charge in [0, 0.05) is 28.3 Å². The van der Waals surface area contributed by atoms with Crippen LogP contribution in [0.5, 0.6) is 0 Å². The largest absolute Gasteiger partial charge is 0.381 e. The van der Waals surface area contributed by atoms with Gasteiger partial charge in [-0.05, 0) is 29.8 Å². The van der Waals surface area contributed by atoms with Crippen molar-refractivity contribution < 1.29 is 4.79 Å². The first-order chi connectivity index (χ1) is 10.1. The van der Waals surface area contributed by atoms with E-state index >= 15 is 0 Å². The van der Waals surface area contributed by atoms with Gasteiger partial charge in [0.25, 0.3) is 0 Å². The molecule has 2 aromatic rings. The van der Waals surface area contributed by atoms with Gasteiger partial charge in [0.1, 0.15) is 0 Å². The number of benzene rings is 2. The highest BCUT2D eigenvalue weighted by Crippen LogP contribution is 2.20. The first kappa shape index (κ1) is 15.6. The smallest absolute Gasteiger partial charge is 0.226 e. The zero-order chi connectivity index (χ0) is 15.2. The first-order valence-corrected chi connectivity index (χ1v) is 7.74. The van der Waals surface area contributed by atoms with E-state index in [2.05, 4.69) is 32.6 Å². The molecule has 0 aromatic heterocycles. The Balaban J connectivity index is 2.01. The predicted molar refractivity (Wildman–Crippen MR) is 91.4 cm³/mol. The van der Waals surface area contributed by atoms with E-state index in [-0.39, 0.29) is 11.8 Å². The van der Waals surface area contributed by atoms with Crippen molar-refractivity contribution in [1.82, 2.24) is 0 Å². The van der Waals surface area contributed by atoms with E-state index in [0.29, 0.717) is 0 Å². The average Bonchev–Trinajstić information content (AvgIpc) is 2.46. The number of carbonyl (C=O) groups excluding carboxylic acids is 1. The summed E-state index contributed by atoms with van der Waals surface area (Å²) < 4.78 is 1.08. The SMILES string of the molecule is CC(C)C(=O)Nc1cccc(NCc2ccccc2Br)c1. The van der Waals surface area contributed by atoms with Crippen LogP contribution in [-0.4, -0.2) is 5.91 Å². The number of rotatable bonds is 5. The summed E-state index contributed by atoms with van der Waals surface area (Å²) in [5.41, 5.74) is 2.98. The van der Waals surface area contributed by atoms with E-state index < -0.39 is 0 Å². The van der Waals surface area contributed by atoms with E-state index in [0.717, 1.165) is 22.4 Å². The molecule has 21 heavy (non-hydrogen) atoms. The molecule has 0 fully saturated rings. The molecule has 0 heterocycles. The molecule has 0 aliphatic heterocycles. The van der Waals surface area contributed by atoms with Crippen molar-refractivity contribution in [2.45, 2.75) is 20.4 Å². The zero-order valence-corrected chi connectivity index (χ0v) is 13.8. The molecule has 110 valence electrons. The molecule has 0 saturated carbocycles. The van der Waals surface area contributed by atoms with Crippen LogP contribution in [0.1, 0.15) is 19.4 Å². The molecule has 0 atom stereocenters. The molecule has 0 spiro atoms. The van der Waals surface area contributed by atoms with E-state index in [1.807, 2.05) is 56.3 Å². The number of carbonyl (C=O) groups is 1. The lowest BCUT2D eigenvalue weighted by molar-refractivity contribution is -0.118. The minimum atomic E-state index is -0.0260. The molecule has 2 rings (SSSR count). The summed E-state index contributed by atoms with van der Waals surface area (Å²) in [6.45, 7) is 4.48. The summed E-state index contributed by atoms with van der Waals surface area (Å²) in [7, 11) is 0. The summed E-state index contributed by atoms with van der Waals surface area (Å²) in [5.74, 6) is -0.000145. The van der Waals surface area contributed by atoms with Crippen LogP contribution in [0.25, 0.3) is 0 Å². The third kappa shape index (κ3) is 4.60. The fourth-order valence-corrected chi connectivity index (χ4v) is 2.26. The molecule has 0 bridgehead atoms. The third-order valence-electron chi connectivity index (χ3n) is 3.10. The molecule has 4 heteroatoms. The molecule has 0 saturated heterocycles. The van der Waals surface area contributed by atoms with Gasteiger partial charge in [0.2, 0.25) is 5.91 Å². The predicted octanol–water partition coefficient (Wildman–Crippen LogP) is 4.66. The number of hydrogen-bond donors (Lipinski definition) is 2. The Morgan fingerprint density at radius 1 is 1.10 bits per heavy atom. The standard InChI is InChI=1S/C17H19BrN2O/c1-12(2)17(21)20-15-8-5-7-14(10-15)19-11-13-6-3-4-9-16(13)18/h3-10,12,19H,11H2,1-2H3,(H,20,21). The second-order valence-electron chi connectivity index (χ2n) is 5.17. The average molecular weight is 347 g/mol. The summed E-state index contributed by atoms with van der Waals surface area (Å²) >= 11 is 3.54. The Morgan fingerprint density at radius 2 is 1.81 bits per heavy atom. The van der Waals surface area contributed by atoms with Gasteiger partial charge in [-0.15, -0.1) is 0 Å². The Labute approximate surface area is 133 Å². The van der Waals surface area contributed by atoms with Crippen LogP contribution < -0.4 is 10.6 Å². The Morgan fingerprint density at radius 3 is 2.52 bits per heavy atom. The Hall–Kier alpha value is -1.81. The molecular weight excluding hydrogens is 328 g/mol. The van der Waals surface area contributed by atoms with Gasteiger partial charge in [-0.2, -0.15) is 0 Å². The quantitative estimate of drug-likeness (QED) is 0.826. The zero-order valence-electron chi connectivity index (χ0n) is 12.2. The van der Waals surface area contributed by atoms with Crippen molar-refractivity contribution >= 4 is 33.2 Å². The second kappa shape index (κ2) is 7.27. The maximum Gasteiger partial charge on any atom is 0.226 e. The molecule has 1 amide bonds. The highest BCUT2D eigenvalue weighted by molar-refractivity contribution is 9.10. The molecule has 2 aromatic carbocycles. The normalized spacial score (nSPS) is 10.5. The molecule has 0 unspecified atom stereocenters. The summed E-state index contributed by atoms with van der Waals surface area (Å²) in [6, 6.07) is 15.9. The maximum absolute atomic E-state index is 11.7. The van der Waals surface area contributed by atoms with Crippen LogP contribution in [0.15, 0.2) is 53.0 Å². The highest BCUT2D eigenvalue weighted by Gasteiger charge is 2.07. The molecule has 0 aliphatic carbocycles. The highest BCUT2D eigenvalue weighted by atomic mass is 79.9. The Bertz CT molecular complexity index is 626. The van der Waals surface area contributed by atoms with Crippen LogP contribution in [0.3, 0.4) is 0 Å². The van der Waals surface area contributed by atoms with Gasteiger partial charge in [-0.1, -0.05) is 54.0 Å². The van der Waals surface area contributed by atoms with Crippen LogP contribution in [0.2, 0.25) is 0 Å². The van der Waals surface area contributed by atoms with Gasteiger partial charge in [0.05, 0.1) is 0 Å². The lowest BCUT2D eigenvalue weighted by Gasteiger charge is -2.11. The fraction of sp³-hybridized carbons (Fsp3) is 0.235. The minimum absolute atomic E-state index is 0.0259. The van der Waals surface area contributed by atoms with Crippen LogP contribution in [-0.2, 0) is 11.3 Å². The number of amides is 1. The van der Waals surface area contributed by atoms with Crippen molar-refractivity contribution in [3.05, 3.63) is 58.6 Å². The van der Waals surface area contributed by atoms with Crippen molar-refractivity contribution in [2.75, 3.05) is 10.6 Å². The van der Waals surface area contributed by atoms with E-state index in [9.17, 15) is 4.79 Å². The number of anilines is 2. The van der Waals surface area contributed by atoms with Crippen molar-refractivity contribution in [3.8, 4) is 0 Å². The number of halogens is 1. The Kier molecular flexibility index (Phi) is 5.39. The van der Waals surface area contributed by atoms with Crippen molar-refractivity contribution in [1.29, 1.82) is 0 Å². The number of hydrogen-bond acceptors (Lipinski definition) is 2. The van der Waals surface area contributed by atoms with E-state index in [1.54, 1.807) is 0 Å². The lowest BCUT2D eigenvalue weighted by Crippen LogP contribution is -2.17. The van der Waals surface area contributed by atoms with Gasteiger partial charge in [0.15, 0.2) is 0 Å². The van der Waals surface area contributed by atoms with Crippen LogP contribution in [0.4, 0.5) is 11.4 Å². The van der Waals surface area contributed by atoms with Gasteiger partial charge in [-0.25, -0.2) is 0 Å². The second-order valence-corrected chi connectivity index (χ2v) is 6.02. The summed E-state index contributed by atoms with van der Waals surface area (Å²) in [6.07, 6.45) is 0. The number of nitrogens with one attached hydrogen (secondary N) is 2. The monoisotopic (exact) mass is 346 g/mol. The van der Waals surface area contributed by atoms with Crippen LogP contribution in [0, 0.1) is 5.92 Å².